The van der Waals surface area contributed by atoms with Crippen LogP contribution in [0, 0.1) is 18.3 Å². The Labute approximate surface area is 125 Å². The number of benzene rings is 1. The van der Waals surface area contributed by atoms with Crippen LogP contribution in [0.15, 0.2) is 24.3 Å². The summed E-state index contributed by atoms with van der Waals surface area (Å²) in [5, 5.41) is 12.1. The van der Waals surface area contributed by atoms with Crippen LogP contribution in [0.3, 0.4) is 0 Å². The Balaban J connectivity index is 2.51. The van der Waals surface area contributed by atoms with Gasteiger partial charge in [-0.15, -0.1) is 0 Å². The number of hydrogen-bond donors (Lipinski definition) is 1. The molecule has 0 atom stereocenters. The molecule has 21 heavy (non-hydrogen) atoms. The molecule has 0 bridgehead atoms. The number of nitrogens with one attached hydrogen (secondary N) is 1. The predicted octanol–water partition coefficient (Wildman–Crippen LogP) is 3.03. The van der Waals surface area contributed by atoms with E-state index in [4.69, 9.17) is 5.26 Å². The molecule has 5 nitrogen and oxygen atoms in total. The number of anilines is 3. The van der Waals surface area contributed by atoms with Crippen molar-refractivity contribution in [3.63, 3.8) is 0 Å². The highest BCUT2D eigenvalue weighted by atomic mass is 15.2. The minimum atomic E-state index is 0.635. The molecule has 2 rings (SSSR count). The van der Waals surface area contributed by atoms with Crippen LogP contribution >= 0.6 is 0 Å². The van der Waals surface area contributed by atoms with E-state index in [0.717, 1.165) is 35.1 Å². The first kappa shape index (κ1) is 14.8. The molecule has 1 heterocycles. The van der Waals surface area contributed by atoms with Crippen molar-refractivity contribution in [1.82, 2.24) is 9.97 Å². The van der Waals surface area contributed by atoms with Gasteiger partial charge in [0.15, 0.2) is 0 Å². The first-order valence-corrected chi connectivity index (χ1v) is 6.89. The van der Waals surface area contributed by atoms with Crippen molar-refractivity contribution in [1.29, 1.82) is 5.26 Å². The smallest absolute Gasteiger partial charge is 0.141 e. The molecule has 108 valence electrons. The van der Waals surface area contributed by atoms with E-state index in [1.54, 1.807) is 6.07 Å². The van der Waals surface area contributed by atoms with Gasteiger partial charge in [-0.05, 0) is 25.1 Å². The topological polar surface area (TPSA) is 64.8 Å². The van der Waals surface area contributed by atoms with Crippen LogP contribution < -0.4 is 10.2 Å². The van der Waals surface area contributed by atoms with Gasteiger partial charge in [0.05, 0.1) is 11.6 Å². The van der Waals surface area contributed by atoms with E-state index >= 15 is 0 Å². The van der Waals surface area contributed by atoms with Crippen LogP contribution in [0.4, 0.5) is 17.3 Å². The molecule has 1 aromatic heterocycles. The van der Waals surface area contributed by atoms with Crippen molar-refractivity contribution in [2.75, 3.05) is 24.3 Å². The Bertz CT molecular complexity index is 688. The summed E-state index contributed by atoms with van der Waals surface area (Å²) in [5.74, 6) is 2.48. The van der Waals surface area contributed by atoms with Gasteiger partial charge in [0.2, 0.25) is 0 Å². The highest BCUT2D eigenvalue weighted by Crippen LogP contribution is 2.28. The fourth-order valence-corrected chi connectivity index (χ4v) is 2.18. The van der Waals surface area contributed by atoms with E-state index in [-0.39, 0.29) is 0 Å². The van der Waals surface area contributed by atoms with Crippen molar-refractivity contribution in [2.24, 2.45) is 0 Å². The predicted molar refractivity (Wildman–Crippen MR) is 84.9 cm³/mol. The number of nitriles is 1. The van der Waals surface area contributed by atoms with E-state index in [1.165, 1.54) is 0 Å². The van der Waals surface area contributed by atoms with Gasteiger partial charge in [0.25, 0.3) is 0 Å². The molecule has 0 aliphatic rings. The van der Waals surface area contributed by atoms with E-state index in [9.17, 15) is 0 Å². The summed E-state index contributed by atoms with van der Waals surface area (Å²) in [6.45, 7) is 4.02. The number of hydrogen-bond acceptors (Lipinski definition) is 5. The van der Waals surface area contributed by atoms with Gasteiger partial charge in [0, 0.05) is 31.8 Å². The monoisotopic (exact) mass is 281 g/mol. The lowest BCUT2D eigenvalue weighted by Gasteiger charge is -2.22. The van der Waals surface area contributed by atoms with Gasteiger partial charge in [-0.1, -0.05) is 13.0 Å². The van der Waals surface area contributed by atoms with Crippen LogP contribution in [0.5, 0.6) is 0 Å². The third kappa shape index (κ3) is 2.95. The summed E-state index contributed by atoms with van der Waals surface area (Å²) in [6.07, 6.45) is 0.772. The molecule has 2 aromatic rings. The Morgan fingerprint density at radius 2 is 2.10 bits per heavy atom. The van der Waals surface area contributed by atoms with Crippen LogP contribution in [-0.2, 0) is 6.42 Å². The average molecular weight is 281 g/mol. The summed E-state index contributed by atoms with van der Waals surface area (Å²) in [4.78, 5) is 11.1. The van der Waals surface area contributed by atoms with Crippen molar-refractivity contribution < 1.29 is 0 Å². The first-order chi connectivity index (χ1) is 10.1. The van der Waals surface area contributed by atoms with E-state index < -0.39 is 0 Å². The molecule has 0 aliphatic carbocycles. The number of nitrogens with zero attached hydrogens (tertiary/aromatic N) is 4. The fraction of sp³-hybridized carbons (Fsp3) is 0.312. The zero-order valence-corrected chi connectivity index (χ0v) is 12.8. The quantitative estimate of drug-likeness (QED) is 0.933. The SMILES string of the molecule is CCc1nc(NC)c(C)c(N(C)c2cccc(C#N)c2)n1. The summed E-state index contributed by atoms with van der Waals surface area (Å²) in [5.41, 5.74) is 2.55. The lowest BCUT2D eigenvalue weighted by atomic mass is 10.2. The van der Waals surface area contributed by atoms with Gasteiger partial charge in [-0.2, -0.15) is 5.26 Å². The normalized spacial score (nSPS) is 10.0. The Morgan fingerprint density at radius 3 is 2.71 bits per heavy atom. The highest BCUT2D eigenvalue weighted by molar-refractivity contribution is 5.67. The minimum Gasteiger partial charge on any atom is -0.373 e. The molecular weight excluding hydrogens is 262 g/mol. The maximum Gasteiger partial charge on any atom is 0.141 e. The maximum absolute atomic E-state index is 9.03. The second kappa shape index (κ2) is 6.23. The largest absolute Gasteiger partial charge is 0.373 e. The molecule has 5 heteroatoms. The number of rotatable bonds is 4. The molecule has 0 fully saturated rings. The molecule has 0 saturated heterocycles. The zero-order valence-electron chi connectivity index (χ0n) is 12.8. The molecule has 0 amide bonds. The number of aryl methyl sites for hydroxylation is 1. The van der Waals surface area contributed by atoms with Crippen molar-refractivity contribution in [3.8, 4) is 6.07 Å². The lowest BCUT2D eigenvalue weighted by molar-refractivity contribution is 0.917. The van der Waals surface area contributed by atoms with E-state index in [0.29, 0.717) is 5.56 Å². The molecular formula is C16H19N5. The molecule has 0 saturated carbocycles. The van der Waals surface area contributed by atoms with Crippen LogP contribution in [0.1, 0.15) is 23.9 Å². The average Bonchev–Trinajstić information content (AvgIpc) is 2.54. The summed E-state index contributed by atoms with van der Waals surface area (Å²) < 4.78 is 0. The van der Waals surface area contributed by atoms with E-state index in [1.807, 2.05) is 51.0 Å². The lowest BCUT2D eigenvalue weighted by Crippen LogP contribution is -2.16. The second-order valence-corrected chi connectivity index (χ2v) is 4.76. The summed E-state index contributed by atoms with van der Waals surface area (Å²) in [6, 6.07) is 9.65. The van der Waals surface area contributed by atoms with Gasteiger partial charge in [-0.25, -0.2) is 9.97 Å². The summed E-state index contributed by atoms with van der Waals surface area (Å²) in [7, 11) is 3.81. The van der Waals surface area contributed by atoms with Crippen molar-refractivity contribution >= 4 is 17.3 Å². The fourth-order valence-electron chi connectivity index (χ4n) is 2.18. The van der Waals surface area contributed by atoms with Crippen LogP contribution in [-0.4, -0.2) is 24.1 Å². The van der Waals surface area contributed by atoms with Gasteiger partial charge in [-0.3, -0.25) is 0 Å². The van der Waals surface area contributed by atoms with Crippen LogP contribution in [0.25, 0.3) is 0 Å². The highest BCUT2D eigenvalue weighted by Gasteiger charge is 2.14. The summed E-state index contributed by atoms with van der Waals surface area (Å²) >= 11 is 0. The van der Waals surface area contributed by atoms with E-state index in [2.05, 4.69) is 21.4 Å². The molecule has 0 radical (unpaired) electrons. The van der Waals surface area contributed by atoms with Crippen molar-refractivity contribution in [3.05, 3.63) is 41.2 Å². The van der Waals surface area contributed by atoms with Crippen LogP contribution in [0.2, 0.25) is 0 Å². The Hall–Kier alpha value is -2.61. The molecule has 1 N–H and O–H groups in total. The van der Waals surface area contributed by atoms with Gasteiger partial charge < -0.3 is 10.2 Å². The molecule has 0 aliphatic heterocycles. The molecule has 0 spiro atoms. The number of aromatic nitrogens is 2. The Kier molecular flexibility index (Phi) is 4.39. The maximum atomic E-state index is 9.03. The molecule has 0 unspecified atom stereocenters. The third-order valence-corrected chi connectivity index (χ3v) is 3.40. The molecule has 1 aromatic carbocycles. The van der Waals surface area contributed by atoms with Gasteiger partial charge >= 0.3 is 0 Å². The first-order valence-electron chi connectivity index (χ1n) is 6.89. The Morgan fingerprint density at radius 1 is 1.33 bits per heavy atom. The second-order valence-electron chi connectivity index (χ2n) is 4.76. The van der Waals surface area contributed by atoms with Gasteiger partial charge in [0.1, 0.15) is 17.5 Å². The zero-order chi connectivity index (χ0) is 15.4. The minimum absolute atomic E-state index is 0.635. The third-order valence-electron chi connectivity index (χ3n) is 3.40. The standard InChI is InChI=1S/C16H19N5/c1-5-14-19-15(18-3)11(2)16(20-14)21(4)13-8-6-7-12(9-13)10-17/h6-9H,5H2,1-4H3,(H,18,19,20). The van der Waals surface area contributed by atoms with Crippen molar-refractivity contribution in [2.45, 2.75) is 20.3 Å².